The molecule has 1 fully saturated rings. The molecule has 1 aromatic carbocycles. The Balaban J connectivity index is 1.28. The number of rotatable bonds is 5. The number of amides is 1. The SMILES string of the molecule is O=C(CN1CCC(c2nc3cc(Cl)ccc3s2)CC1)NCc1ccco1. The molecular weight excluding hydrogens is 370 g/mol. The first kappa shape index (κ1) is 17.5. The molecule has 1 saturated heterocycles. The number of likely N-dealkylation sites (tertiary alicyclic amines) is 1. The van der Waals surface area contributed by atoms with Crippen molar-refractivity contribution in [1.29, 1.82) is 0 Å². The van der Waals surface area contributed by atoms with E-state index in [4.69, 9.17) is 21.0 Å². The smallest absolute Gasteiger partial charge is 0.234 e. The van der Waals surface area contributed by atoms with Gasteiger partial charge in [0.05, 0.1) is 34.6 Å². The average molecular weight is 390 g/mol. The number of nitrogens with one attached hydrogen (secondary N) is 1. The summed E-state index contributed by atoms with van der Waals surface area (Å²) in [5, 5.41) is 4.81. The zero-order valence-electron chi connectivity index (χ0n) is 14.3. The van der Waals surface area contributed by atoms with Crippen LogP contribution in [-0.4, -0.2) is 35.4 Å². The number of carbonyl (C=O) groups is 1. The third kappa shape index (κ3) is 4.09. The van der Waals surface area contributed by atoms with Crippen molar-refractivity contribution in [2.24, 2.45) is 0 Å². The van der Waals surface area contributed by atoms with Crippen LogP contribution in [-0.2, 0) is 11.3 Å². The lowest BCUT2D eigenvalue weighted by atomic mass is 9.97. The lowest BCUT2D eigenvalue weighted by Gasteiger charge is -2.30. The van der Waals surface area contributed by atoms with Crippen molar-refractivity contribution in [2.45, 2.75) is 25.3 Å². The molecule has 3 heterocycles. The zero-order valence-corrected chi connectivity index (χ0v) is 15.9. The van der Waals surface area contributed by atoms with Crippen molar-refractivity contribution >= 4 is 39.1 Å². The molecule has 136 valence electrons. The molecule has 0 saturated carbocycles. The molecule has 5 nitrogen and oxygen atoms in total. The van der Waals surface area contributed by atoms with Crippen LogP contribution in [0.1, 0.15) is 29.5 Å². The Bertz CT molecular complexity index is 885. The van der Waals surface area contributed by atoms with Crippen molar-refractivity contribution in [3.63, 3.8) is 0 Å². The minimum Gasteiger partial charge on any atom is -0.467 e. The van der Waals surface area contributed by atoms with Crippen LogP contribution in [0.15, 0.2) is 41.0 Å². The quantitative estimate of drug-likeness (QED) is 0.715. The molecule has 4 rings (SSSR count). The molecule has 0 radical (unpaired) electrons. The van der Waals surface area contributed by atoms with Gasteiger partial charge in [-0.25, -0.2) is 4.98 Å². The molecule has 1 aliphatic rings. The number of halogens is 1. The summed E-state index contributed by atoms with van der Waals surface area (Å²) in [5.41, 5.74) is 0.984. The summed E-state index contributed by atoms with van der Waals surface area (Å²) in [6.07, 6.45) is 3.67. The number of furan rings is 1. The van der Waals surface area contributed by atoms with E-state index in [9.17, 15) is 4.79 Å². The molecule has 1 aliphatic heterocycles. The van der Waals surface area contributed by atoms with Gasteiger partial charge in [0.1, 0.15) is 5.76 Å². The van der Waals surface area contributed by atoms with E-state index in [1.54, 1.807) is 17.6 Å². The van der Waals surface area contributed by atoms with Crippen LogP contribution in [0.3, 0.4) is 0 Å². The number of aromatic nitrogens is 1. The molecule has 3 aromatic rings. The summed E-state index contributed by atoms with van der Waals surface area (Å²) >= 11 is 7.81. The van der Waals surface area contributed by atoms with Crippen molar-refractivity contribution in [1.82, 2.24) is 15.2 Å². The number of nitrogens with zero attached hydrogens (tertiary/aromatic N) is 2. The number of benzene rings is 1. The fourth-order valence-corrected chi connectivity index (χ4v) is 4.57. The van der Waals surface area contributed by atoms with Crippen molar-refractivity contribution in [2.75, 3.05) is 19.6 Å². The van der Waals surface area contributed by atoms with Crippen molar-refractivity contribution < 1.29 is 9.21 Å². The predicted octanol–water partition coefficient (Wildman–Crippen LogP) is 4.04. The largest absolute Gasteiger partial charge is 0.467 e. The van der Waals surface area contributed by atoms with Gasteiger partial charge in [0, 0.05) is 10.9 Å². The van der Waals surface area contributed by atoms with E-state index in [1.807, 2.05) is 30.3 Å². The molecule has 7 heteroatoms. The summed E-state index contributed by atoms with van der Waals surface area (Å²) in [6.45, 7) is 2.70. The van der Waals surface area contributed by atoms with Gasteiger partial charge in [0.15, 0.2) is 0 Å². The predicted molar refractivity (Wildman–Crippen MR) is 104 cm³/mol. The summed E-state index contributed by atoms with van der Waals surface area (Å²) in [7, 11) is 0. The van der Waals surface area contributed by atoms with Gasteiger partial charge in [-0.2, -0.15) is 0 Å². The van der Waals surface area contributed by atoms with Crippen LogP contribution >= 0.6 is 22.9 Å². The average Bonchev–Trinajstić information content (AvgIpc) is 3.29. The van der Waals surface area contributed by atoms with Crippen LogP contribution in [0.5, 0.6) is 0 Å². The van der Waals surface area contributed by atoms with Crippen LogP contribution in [0.2, 0.25) is 5.02 Å². The highest BCUT2D eigenvalue weighted by Gasteiger charge is 2.24. The van der Waals surface area contributed by atoms with Crippen LogP contribution in [0.4, 0.5) is 0 Å². The second-order valence-corrected chi connectivity index (χ2v) is 8.07. The van der Waals surface area contributed by atoms with Gasteiger partial charge in [0.25, 0.3) is 0 Å². The molecule has 2 aromatic heterocycles. The highest BCUT2D eigenvalue weighted by atomic mass is 35.5. The van der Waals surface area contributed by atoms with Gasteiger partial charge >= 0.3 is 0 Å². The molecule has 0 spiro atoms. The molecular formula is C19H20ClN3O2S. The number of piperidine rings is 1. The van der Waals surface area contributed by atoms with E-state index in [1.165, 1.54) is 9.71 Å². The molecule has 26 heavy (non-hydrogen) atoms. The molecule has 0 atom stereocenters. The Kier molecular flexibility index (Phi) is 5.24. The van der Waals surface area contributed by atoms with Gasteiger partial charge in [-0.1, -0.05) is 11.6 Å². The maximum absolute atomic E-state index is 12.1. The fourth-order valence-electron chi connectivity index (χ4n) is 3.29. The van der Waals surface area contributed by atoms with Crippen LogP contribution in [0, 0.1) is 0 Å². The number of fused-ring (bicyclic) bond motifs is 1. The van der Waals surface area contributed by atoms with Gasteiger partial charge < -0.3 is 9.73 Å². The number of hydrogen-bond donors (Lipinski definition) is 1. The Hall–Kier alpha value is -1.89. The first-order chi connectivity index (χ1) is 12.7. The Morgan fingerprint density at radius 3 is 2.96 bits per heavy atom. The summed E-state index contributed by atoms with van der Waals surface area (Å²) in [6, 6.07) is 9.56. The normalized spacial score (nSPS) is 16.2. The van der Waals surface area contributed by atoms with E-state index in [-0.39, 0.29) is 5.91 Å². The topological polar surface area (TPSA) is 58.4 Å². The van der Waals surface area contributed by atoms with Crippen molar-refractivity contribution in [3.05, 3.63) is 52.4 Å². The third-order valence-electron chi connectivity index (χ3n) is 4.71. The second kappa shape index (κ2) is 7.78. The second-order valence-electron chi connectivity index (χ2n) is 6.57. The fraction of sp³-hybridized carbons (Fsp3) is 0.368. The minimum atomic E-state index is 0.0366. The van der Waals surface area contributed by atoms with Crippen molar-refractivity contribution in [3.8, 4) is 0 Å². The maximum atomic E-state index is 12.1. The number of carbonyl (C=O) groups excluding carboxylic acids is 1. The standard InChI is InChI=1S/C19H20ClN3O2S/c20-14-3-4-17-16(10-14)22-19(26-17)13-5-7-23(8-6-13)12-18(24)21-11-15-2-1-9-25-15/h1-4,9-10,13H,5-8,11-12H2,(H,21,24). The van der Waals surface area contributed by atoms with Gasteiger partial charge in [-0.3, -0.25) is 9.69 Å². The number of hydrogen-bond acceptors (Lipinski definition) is 5. The molecule has 1 amide bonds. The summed E-state index contributed by atoms with van der Waals surface area (Å²) in [5.74, 6) is 1.27. The zero-order chi connectivity index (χ0) is 17.9. The molecule has 1 N–H and O–H groups in total. The first-order valence-electron chi connectivity index (χ1n) is 8.75. The Labute approximate surface area is 161 Å². The van der Waals surface area contributed by atoms with Crippen LogP contribution < -0.4 is 5.32 Å². The number of thiazole rings is 1. The minimum absolute atomic E-state index is 0.0366. The summed E-state index contributed by atoms with van der Waals surface area (Å²) < 4.78 is 6.41. The monoisotopic (exact) mass is 389 g/mol. The molecule has 0 bridgehead atoms. The molecule has 0 unspecified atom stereocenters. The lowest BCUT2D eigenvalue weighted by Crippen LogP contribution is -2.40. The molecule has 0 aliphatic carbocycles. The maximum Gasteiger partial charge on any atom is 0.234 e. The third-order valence-corrected chi connectivity index (χ3v) is 6.14. The highest BCUT2D eigenvalue weighted by Crippen LogP contribution is 2.34. The van der Waals surface area contributed by atoms with E-state index in [0.717, 1.165) is 42.2 Å². The van der Waals surface area contributed by atoms with E-state index >= 15 is 0 Å². The first-order valence-corrected chi connectivity index (χ1v) is 9.94. The highest BCUT2D eigenvalue weighted by molar-refractivity contribution is 7.18. The van der Waals surface area contributed by atoms with Gasteiger partial charge in [0.2, 0.25) is 5.91 Å². The Morgan fingerprint density at radius 1 is 1.35 bits per heavy atom. The van der Waals surface area contributed by atoms with Gasteiger partial charge in [-0.05, 0) is 56.3 Å². The van der Waals surface area contributed by atoms with E-state index in [2.05, 4.69) is 10.2 Å². The lowest BCUT2D eigenvalue weighted by molar-refractivity contribution is -0.122. The Morgan fingerprint density at radius 2 is 2.19 bits per heavy atom. The summed E-state index contributed by atoms with van der Waals surface area (Å²) in [4.78, 5) is 19.1. The van der Waals surface area contributed by atoms with Gasteiger partial charge in [-0.15, -0.1) is 11.3 Å². The van der Waals surface area contributed by atoms with Crippen LogP contribution in [0.25, 0.3) is 10.2 Å². The van der Waals surface area contributed by atoms with E-state index in [0.29, 0.717) is 19.0 Å². The van der Waals surface area contributed by atoms with E-state index < -0.39 is 0 Å².